The molecular formula is C44H46P6. The van der Waals surface area contributed by atoms with Gasteiger partial charge in [0.05, 0.1) is 0 Å². The summed E-state index contributed by atoms with van der Waals surface area (Å²) >= 11 is 0. The van der Waals surface area contributed by atoms with E-state index in [9.17, 15) is 0 Å². The van der Waals surface area contributed by atoms with Crippen LogP contribution in [0.1, 0.15) is 38.5 Å². The maximum absolute atomic E-state index is 2.52. The molecule has 6 unspecified atom stereocenters. The highest BCUT2D eigenvalue weighted by Gasteiger charge is 2.44. The Morgan fingerprint density at radius 3 is 0.720 bits per heavy atom. The summed E-state index contributed by atoms with van der Waals surface area (Å²) in [5, 5.41) is 9.63. The molecule has 1 saturated heterocycles. The van der Waals surface area contributed by atoms with E-state index in [4.69, 9.17) is 0 Å². The average molecular weight is 761 g/mol. The van der Waals surface area contributed by atoms with E-state index in [0.29, 0.717) is 0 Å². The number of benzene rings is 6. The van der Waals surface area contributed by atoms with Crippen LogP contribution in [0.25, 0.3) is 0 Å². The van der Waals surface area contributed by atoms with E-state index < -0.39 is 44.4 Å². The van der Waals surface area contributed by atoms with Crippen molar-refractivity contribution < 1.29 is 0 Å². The highest BCUT2D eigenvalue weighted by atomic mass is 32.8. The van der Waals surface area contributed by atoms with Crippen LogP contribution in [0.5, 0.6) is 0 Å². The molecule has 0 N–H and O–H groups in total. The minimum Gasteiger partial charge on any atom is -0.0622 e. The minimum atomic E-state index is -0.594. The Balaban J connectivity index is 1.55. The Bertz CT molecular complexity index is 1690. The van der Waals surface area contributed by atoms with E-state index in [0.717, 1.165) is 0 Å². The van der Waals surface area contributed by atoms with Gasteiger partial charge in [-0.1, -0.05) is 208 Å². The summed E-state index contributed by atoms with van der Waals surface area (Å²) < 4.78 is 0. The average Bonchev–Trinajstić information content (AvgIpc) is 3.20. The highest BCUT2D eigenvalue weighted by molar-refractivity contribution is 8.96. The van der Waals surface area contributed by atoms with Gasteiger partial charge in [0.25, 0.3) is 0 Å². The summed E-state index contributed by atoms with van der Waals surface area (Å²) in [6.07, 6.45) is 10.7. The predicted molar refractivity (Wildman–Crippen MR) is 235 cm³/mol. The third-order valence-electron chi connectivity index (χ3n) is 9.04. The lowest BCUT2D eigenvalue weighted by molar-refractivity contribution is 0.628. The first-order valence-corrected chi connectivity index (χ1v) is 29.9. The Kier molecular flexibility index (Phi) is 13.9. The molecule has 6 heteroatoms. The van der Waals surface area contributed by atoms with E-state index >= 15 is 0 Å². The molecule has 0 aliphatic carbocycles. The molecule has 1 fully saturated rings. The molecule has 0 spiro atoms. The van der Waals surface area contributed by atoms with Crippen molar-refractivity contribution in [3.8, 4) is 0 Å². The van der Waals surface area contributed by atoms with Gasteiger partial charge in [0.2, 0.25) is 0 Å². The lowest BCUT2D eigenvalue weighted by Gasteiger charge is -2.45. The number of hydrogen-bond acceptors (Lipinski definition) is 0. The maximum Gasteiger partial charge on any atom is -0.00600 e. The lowest BCUT2D eigenvalue weighted by Crippen LogP contribution is -2.15. The summed E-state index contributed by atoms with van der Waals surface area (Å²) in [4.78, 5) is 0. The Labute approximate surface area is 307 Å². The molecule has 6 aromatic rings. The van der Waals surface area contributed by atoms with Crippen molar-refractivity contribution in [3.05, 3.63) is 182 Å². The quantitative estimate of drug-likeness (QED) is 0.148. The first-order chi connectivity index (χ1) is 24.9. The molecule has 0 radical (unpaired) electrons. The monoisotopic (exact) mass is 760 g/mol. The van der Waals surface area contributed by atoms with Gasteiger partial charge in [-0.25, -0.2) is 0 Å². The van der Waals surface area contributed by atoms with Crippen molar-refractivity contribution in [1.82, 2.24) is 0 Å². The van der Waals surface area contributed by atoms with Gasteiger partial charge in [-0.3, -0.25) is 0 Å². The van der Waals surface area contributed by atoms with Crippen LogP contribution >= 0.6 is 44.4 Å². The highest BCUT2D eigenvalue weighted by Crippen LogP contribution is 3.05. The molecule has 0 saturated carbocycles. The molecule has 50 heavy (non-hydrogen) atoms. The van der Waals surface area contributed by atoms with E-state index in [-0.39, 0.29) is 0 Å². The van der Waals surface area contributed by atoms with E-state index in [1.807, 2.05) is 0 Å². The van der Waals surface area contributed by atoms with Gasteiger partial charge in [0.1, 0.15) is 0 Å². The third kappa shape index (κ3) is 9.09. The molecule has 0 bridgehead atoms. The molecule has 1 aliphatic rings. The largest absolute Gasteiger partial charge is 0.0622 e. The van der Waals surface area contributed by atoms with Crippen LogP contribution in [-0.4, -0.2) is 12.3 Å². The number of rotatable bonds is 6. The maximum atomic E-state index is 2.52. The Morgan fingerprint density at radius 2 is 0.440 bits per heavy atom. The smallest absolute Gasteiger partial charge is 0.00600 e. The third-order valence-corrected chi connectivity index (χ3v) is 48.8. The SMILES string of the molecule is c1ccc(P2CCCCCCCCP(c3ccccc3)P(c3ccccc3)P(c3ccccc3)P(c3ccccc3)P2c2ccccc2)cc1. The van der Waals surface area contributed by atoms with Gasteiger partial charge in [-0.15, -0.1) is 0 Å². The van der Waals surface area contributed by atoms with Gasteiger partial charge in [-0.05, 0) is 101 Å². The summed E-state index contributed by atoms with van der Waals surface area (Å²) in [6.45, 7) is 0. The van der Waals surface area contributed by atoms with Crippen LogP contribution in [0.2, 0.25) is 0 Å². The van der Waals surface area contributed by atoms with E-state index in [2.05, 4.69) is 182 Å². The second-order valence-corrected chi connectivity index (χ2v) is 36.7. The van der Waals surface area contributed by atoms with Crippen molar-refractivity contribution in [1.29, 1.82) is 0 Å². The topological polar surface area (TPSA) is 0 Å². The van der Waals surface area contributed by atoms with Crippen LogP contribution < -0.4 is 31.8 Å². The fourth-order valence-corrected chi connectivity index (χ4v) is 62.4. The fourth-order valence-electron chi connectivity index (χ4n) is 6.64. The second-order valence-electron chi connectivity index (χ2n) is 12.5. The first-order valence-electron chi connectivity index (χ1n) is 17.9. The molecule has 0 nitrogen and oxygen atoms in total. The van der Waals surface area contributed by atoms with Crippen LogP contribution in [0.15, 0.2) is 182 Å². The lowest BCUT2D eigenvalue weighted by atomic mass is 10.1. The van der Waals surface area contributed by atoms with E-state index in [1.165, 1.54) is 50.8 Å². The first kappa shape index (κ1) is 36.3. The molecular weight excluding hydrogens is 714 g/mol. The summed E-state index contributed by atoms with van der Waals surface area (Å²) in [6, 6.07) is 71.2. The van der Waals surface area contributed by atoms with Gasteiger partial charge >= 0.3 is 0 Å². The fraction of sp³-hybridized carbons (Fsp3) is 0.182. The van der Waals surface area contributed by atoms with Crippen LogP contribution in [0.3, 0.4) is 0 Å². The minimum absolute atomic E-state index is 0.424. The van der Waals surface area contributed by atoms with Gasteiger partial charge < -0.3 is 0 Å². The van der Waals surface area contributed by atoms with Crippen molar-refractivity contribution in [3.63, 3.8) is 0 Å². The van der Waals surface area contributed by atoms with Gasteiger partial charge in [0, 0.05) is 0 Å². The van der Waals surface area contributed by atoms with Gasteiger partial charge in [-0.2, -0.15) is 0 Å². The zero-order chi connectivity index (χ0) is 33.8. The van der Waals surface area contributed by atoms with Gasteiger partial charge in [0.15, 0.2) is 0 Å². The number of hydrogen-bond donors (Lipinski definition) is 0. The normalized spacial score (nSPS) is 23.8. The van der Waals surface area contributed by atoms with Crippen molar-refractivity contribution in [2.75, 3.05) is 12.3 Å². The zero-order valence-corrected chi connectivity index (χ0v) is 34.0. The standard InChI is InChI=1S/C44H46P6/c1-2-4-24-38-46(40-27-13-6-14-28-40)48(42-31-17-8-18-32-42)50(44-35-21-10-22-36-44)49(43-33-19-9-20-34-43)47(41-29-15-7-16-30-41)45(37-23-3-1)39-25-11-5-12-26-39/h5-22,25-36H,1-4,23-24,37-38H2. The van der Waals surface area contributed by atoms with Crippen molar-refractivity contribution >= 4 is 76.2 Å². The summed E-state index contributed by atoms with van der Waals surface area (Å²) in [5.41, 5.74) is 0. The predicted octanol–water partition coefficient (Wildman–Crippen LogP) is 12.8. The Morgan fingerprint density at radius 1 is 0.220 bits per heavy atom. The molecule has 6 aromatic carbocycles. The molecule has 1 heterocycles. The van der Waals surface area contributed by atoms with E-state index in [1.54, 1.807) is 31.8 Å². The van der Waals surface area contributed by atoms with Crippen LogP contribution in [-0.2, 0) is 0 Å². The Hall–Kier alpha value is -2.10. The zero-order valence-electron chi connectivity index (χ0n) is 28.7. The van der Waals surface area contributed by atoms with Crippen LogP contribution in [0, 0.1) is 0 Å². The molecule has 1 aliphatic heterocycles. The molecule has 252 valence electrons. The van der Waals surface area contributed by atoms with Crippen molar-refractivity contribution in [2.24, 2.45) is 0 Å². The molecule has 6 atom stereocenters. The summed E-state index contributed by atoms with van der Waals surface area (Å²) in [5.74, 6) is 0. The second kappa shape index (κ2) is 19.1. The summed E-state index contributed by atoms with van der Waals surface area (Å²) in [7, 11) is -3.11. The molecule has 0 aromatic heterocycles. The van der Waals surface area contributed by atoms with Crippen molar-refractivity contribution in [2.45, 2.75) is 38.5 Å². The van der Waals surface area contributed by atoms with Crippen LogP contribution in [0.4, 0.5) is 0 Å². The molecule has 7 rings (SSSR count). The molecule has 0 amide bonds.